The van der Waals surface area contributed by atoms with Gasteiger partial charge in [0.1, 0.15) is 11.6 Å². The van der Waals surface area contributed by atoms with Crippen molar-refractivity contribution >= 4 is 22.3 Å². The third kappa shape index (κ3) is 3.88. The maximum atomic E-state index is 13.4. The van der Waals surface area contributed by atoms with Crippen molar-refractivity contribution in [3.63, 3.8) is 0 Å². The van der Waals surface area contributed by atoms with Crippen LogP contribution in [0.4, 0.5) is 20.2 Å². The molecule has 5 rings (SSSR count). The molecule has 2 nitrogen and oxygen atoms in total. The molecule has 0 radical (unpaired) electrons. The molecule has 0 saturated heterocycles. The van der Waals surface area contributed by atoms with Gasteiger partial charge in [-0.1, -0.05) is 48.5 Å². The number of anilines is 2. The van der Waals surface area contributed by atoms with Crippen molar-refractivity contribution in [1.29, 1.82) is 0 Å². The quantitative estimate of drug-likeness (QED) is 0.331. The van der Waals surface area contributed by atoms with Gasteiger partial charge in [-0.2, -0.15) is 0 Å². The van der Waals surface area contributed by atoms with Gasteiger partial charge < -0.3 is 5.32 Å². The van der Waals surface area contributed by atoms with Gasteiger partial charge in [0.05, 0.1) is 16.9 Å². The van der Waals surface area contributed by atoms with Crippen LogP contribution in [0.2, 0.25) is 0 Å². The molecule has 0 unspecified atom stereocenters. The van der Waals surface area contributed by atoms with E-state index in [1.165, 1.54) is 24.3 Å². The highest BCUT2D eigenvalue weighted by atomic mass is 19.1. The van der Waals surface area contributed by atoms with Crippen molar-refractivity contribution in [3.05, 3.63) is 115 Å². The van der Waals surface area contributed by atoms with Gasteiger partial charge in [0.25, 0.3) is 0 Å². The average Bonchev–Trinajstić information content (AvgIpc) is 2.80. The molecule has 1 aromatic heterocycles. The summed E-state index contributed by atoms with van der Waals surface area (Å²) in [6.07, 6.45) is 0. The number of rotatable bonds is 4. The van der Waals surface area contributed by atoms with Crippen molar-refractivity contribution in [1.82, 2.24) is 4.98 Å². The van der Waals surface area contributed by atoms with Crippen LogP contribution in [0.25, 0.3) is 33.3 Å². The van der Waals surface area contributed by atoms with Gasteiger partial charge >= 0.3 is 0 Å². The lowest BCUT2D eigenvalue weighted by Crippen LogP contribution is -1.97. The summed E-state index contributed by atoms with van der Waals surface area (Å²) in [7, 11) is 0. The van der Waals surface area contributed by atoms with E-state index in [1.807, 2.05) is 54.6 Å². The average molecular weight is 408 g/mol. The monoisotopic (exact) mass is 408 g/mol. The van der Waals surface area contributed by atoms with Crippen LogP contribution in [-0.2, 0) is 0 Å². The topological polar surface area (TPSA) is 24.9 Å². The summed E-state index contributed by atoms with van der Waals surface area (Å²) in [6.45, 7) is 0. The van der Waals surface area contributed by atoms with E-state index in [4.69, 9.17) is 4.98 Å². The SMILES string of the molecule is Fc1ccc(-c2cc(Nc3ccccc3-c3ccc(F)cc3)c3ccccc3n2)cc1. The summed E-state index contributed by atoms with van der Waals surface area (Å²) in [6, 6.07) is 30.5. The predicted octanol–water partition coefficient (Wildman–Crippen LogP) is 7.59. The van der Waals surface area contributed by atoms with Crippen LogP contribution in [0, 0.1) is 11.6 Å². The lowest BCUT2D eigenvalue weighted by molar-refractivity contribution is 0.627. The van der Waals surface area contributed by atoms with Crippen molar-refractivity contribution in [2.75, 3.05) is 5.32 Å². The highest BCUT2D eigenvalue weighted by Crippen LogP contribution is 2.34. The molecule has 31 heavy (non-hydrogen) atoms. The zero-order valence-corrected chi connectivity index (χ0v) is 16.5. The Labute approximate surface area is 178 Å². The van der Waals surface area contributed by atoms with Crippen LogP contribution in [0.5, 0.6) is 0 Å². The zero-order valence-electron chi connectivity index (χ0n) is 16.5. The summed E-state index contributed by atoms with van der Waals surface area (Å²) in [5.41, 5.74) is 6.09. The third-order valence-electron chi connectivity index (χ3n) is 5.21. The molecule has 4 heteroatoms. The minimum absolute atomic E-state index is 0.266. The molecule has 0 fully saturated rings. The third-order valence-corrected chi connectivity index (χ3v) is 5.21. The number of nitrogens with zero attached hydrogens (tertiary/aromatic N) is 1. The summed E-state index contributed by atoms with van der Waals surface area (Å²) in [4.78, 5) is 4.76. The molecule has 0 bridgehead atoms. The summed E-state index contributed by atoms with van der Waals surface area (Å²) in [5.74, 6) is -0.547. The zero-order chi connectivity index (χ0) is 21.2. The number of hydrogen-bond acceptors (Lipinski definition) is 2. The summed E-state index contributed by atoms with van der Waals surface area (Å²) < 4.78 is 26.8. The van der Waals surface area contributed by atoms with Gasteiger partial charge in [-0.3, -0.25) is 0 Å². The molecule has 0 saturated carbocycles. The van der Waals surface area contributed by atoms with E-state index in [-0.39, 0.29) is 11.6 Å². The second-order valence-electron chi connectivity index (χ2n) is 7.26. The first-order valence-corrected chi connectivity index (χ1v) is 9.95. The van der Waals surface area contributed by atoms with Gasteiger partial charge in [0, 0.05) is 22.2 Å². The van der Waals surface area contributed by atoms with E-state index in [0.29, 0.717) is 0 Å². The molecular formula is C27H18F2N2. The maximum Gasteiger partial charge on any atom is 0.123 e. The second-order valence-corrected chi connectivity index (χ2v) is 7.26. The highest BCUT2D eigenvalue weighted by molar-refractivity contribution is 5.97. The Kier molecular flexibility index (Phi) is 4.89. The molecule has 1 heterocycles. The second kappa shape index (κ2) is 8.00. The van der Waals surface area contributed by atoms with E-state index < -0.39 is 0 Å². The van der Waals surface area contributed by atoms with E-state index >= 15 is 0 Å². The molecule has 1 N–H and O–H groups in total. The molecular weight excluding hydrogens is 390 g/mol. The number of pyridine rings is 1. The van der Waals surface area contributed by atoms with Gasteiger partial charge in [0.15, 0.2) is 0 Å². The minimum Gasteiger partial charge on any atom is -0.354 e. The molecule has 0 amide bonds. The Bertz CT molecular complexity index is 1360. The fourth-order valence-corrected chi connectivity index (χ4v) is 3.67. The van der Waals surface area contributed by atoms with E-state index in [9.17, 15) is 8.78 Å². The lowest BCUT2D eigenvalue weighted by atomic mass is 10.0. The van der Waals surface area contributed by atoms with E-state index in [0.717, 1.165) is 44.7 Å². The maximum absolute atomic E-state index is 13.4. The summed E-state index contributed by atoms with van der Waals surface area (Å²) >= 11 is 0. The first-order chi connectivity index (χ1) is 15.2. The Morgan fingerprint density at radius 1 is 0.581 bits per heavy atom. The highest BCUT2D eigenvalue weighted by Gasteiger charge is 2.11. The largest absolute Gasteiger partial charge is 0.354 e. The number of halogens is 2. The van der Waals surface area contributed by atoms with Crippen molar-refractivity contribution in [2.24, 2.45) is 0 Å². The first-order valence-electron chi connectivity index (χ1n) is 9.95. The Hall–Kier alpha value is -4.05. The van der Waals surface area contributed by atoms with Crippen LogP contribution in [0.15, 0.2) is 103 Å². The normalized spacial score (nSPS) is 10.9. The number of benzene rings is 4. The summed E-state index contributed by atoms with van der Waals surface area (Å²) in [5, 5.41) is 4.52. The van der Waals surface area contributed by atoms with Crippen LogP contribution < -0.4 is 5.32 Å². The Balaban J connectivity index is 1.63. The van der Waals surface area contributed by atoms with Crippen LogP contribution in [0.3, 0.4) is 0 Å². The minimum atomic E-state index is -0.281. The molecule has 0 spiro atoms. The molecule has 0 atom stereocenters. The smallest absolute Gasteiger partial charge is 0.123 e. The van der Waals surface area contributed by atoms with Crippen molar-refractivity contribution in [3.8, 4) is 22.4 Å². The fourth-order valence-electron chi connectivity index (χ4n) is 3.67. The number of fused-ring (bicyclic) bond motifs is 1. The Morgan fingerprint density at radius 3 is 1.94 bits per heavy atom. The fraction of sp³-hybridized carbons (Fsp3) is 0. The number of aromatic nitrogens is 1. The van der Waals surface area contributed by atoms with Gasteiger partial charge in [0.2, 0.25) is 0 Å². The van der Waals surface area contributed by atoms with Crippen LogP contribution >= 0.6 is 0 Å². The Morgan fingerprint density at radius 2 is 1.19 bits per heavy atom. The molecule has 0 aliphatic rings. The van der Waals surface area contributed by atoms with Crippen molar-refractivity contribution < 1.29 is 8.78 Å². The first kappa shape index (κ1) is 18.9. The van der Waals surface area contributed by atoms with E-state index in [2.05, 4.69) is 5.32 Å². The van der Waals surface area contributed by atoms with Crippen molar-refractivity contribution in [2.45, 2.75) is 0 Å². The molecule has 4 aromatic carbocycles. The molecule has 5 aromatic rings. The van der Waals surface area contributed by atoms with E-state index in [1.54, 1.807) is 24.3 Å². The predicted molar refractivity (Wildman–Crippen MR) is 122 cm³/mol. The number of hydrogen-bond donors (Lipinski definition) is 1. The molecule has 0 aliphatic heterocycles. The van der Waals surface area contributed by atoms with Crippen LogP contribution in [-0.4, -0.2) is 4.98 Å². The van der Waals surface area contributed by atoms with Crippen LogP contribution in [0.1, 0.15) is 0 Å². The van der Waals surface area contributed by atoms with Gasteiger partial charge in [-0.15, -0.1) is 0 Å². The van der Waals surface area contributed by atoms with Gasteiger partial charge in [-0.25, -0.2) is 13.8 Å². The standard InChI is InChI=1S/C27H18F2N2/c28-20-13-9-18(10-14-20)22-5-1-3-7-24(22)31-27-17-26(19-11-15-21(29)16-12-19)30-25-8-4-2-6-23(25)27/h1-17H,(H,30,31). The lowest BCUT2D eigenvalue weighted by Gasteiger charge is -2.15. The number of nitrogens with one attached hydrogen (secondary N) is 1. The molecule has 0 aliphatic carbocycles. The molecule has 150 valence electrons. The van der Waals surface area contributed by atoms with Gasteiger partial charge in [-0.05, 0) is 60.2 Å². The number of para-hydroxylation sites is 2.